The molecule has 4 heteroatoms. The maximum Gasteiger partial charge on any atom is 0.125 e. The van der Waals surface area contributed by atoms with E-state index >= 15 is 0 Å². The Morgan fingerprint density at radius 3 is 2.89 bits per heavy atom. The van der Waals surface area contributed by atoms with Gasteiger partial charge in [-0.1, -0.05) is 17.7 Å². The largest absolute Gasteiger partial charge is 0.488 e. The average Bonchev–Trinajstić information content (AvgIpc) is 2.84. The molecule has 0 unspecified atom stereocenters. The lowest BCUT2D eigenvalue weighted by atomic mass is 10.2. The summed E-state index contributed by atoms with van der Waals surface area (Å²) in [5.41, 5.74) is 0.458. The van der Waals surface area contributed by atoms with Crippen LogP contribution in [-0.2, 0) is 4.74 Å². The Labute approximate surface area is 118 Å². The summed E-state index contributed by atoms with van der Waals surface area (Å²) in [7, 11) is 0. The molecule has 0 spiro atoms. The van der Waals surface area contributed by atoms with Crippen molar-refractivity contribution in [1.82, 2.24) is 0 Å². The quantitative estimate of drug-likeness (QED) is 0.771. The van der Waals surface area contributed by atoms with Crippen molar-refractivity contribution in [3.05, 3.63) is 41.4 Å². The number of hydrogen-bond acceptors (Lipinski definition) is 3. The Balaban J connectivity index is 2.02. The van der Waals surface area contributed by atoms with Crippen molar-refractivity contribution in [2.45, 2.75) is 31.5 Å². The molecular formula is C15H16ClNO2. The molecule has 0 N–H and O–H groups in total. The fourth-order valence-corrected chi connectivity index (χ4v) is 2.46. The van der Waals surface area contributed by atoms with Gasteiger partial charge in [-0.05, 0) is 31.4 Å². The van der Waals surface area contributed by atoms with Gasteiger partial charge >= 0.3 is 0 Å². The third-order valence-corrected chi connectivity index (χ3v) is 3.48. The Morgan fingerprint density at radius 1 is 1.42 bits per heavy atom. The second-order valence-corrected chi connectivity index (χ2v) is 4.91. The molecule has 1 aliphatic carbocycles. The van der Waals surface area contributed by atoms with E-state index in [9.17, 15) is 0 Å². The Kier molecular flexibility index (Phi) is 4.84. The average molecular weight is 278 g/mol. The van der Waals surface area contributed by atoms with Gasteiger partial charge in [0.2, 0.25) is 0 Å². The molecule has 0 heterocycles. The summed E-state index contributed by atoms with van der Waals surface area (Å²) in [6, 6.07) is 7.16. The van der Waals surface area contributed by atoms with Crippen LogP contribution in [0.3, 0.4) is 0 Å². The standard InChI is InChI=1S/C15H16ClNO2/c1-2-8-18-14-4-3-5-15(14)19-12-7-6-11(10-17)13(16)9-12/h2,6-7,9,14-15H,1,3-5,8H2/t14-,15-/m0/s1. The van der Waals surface area contributed by atoms with Gasteiger partial charge in [0, 0.05) is 6.07 Å². The van der Waals surface area contributed by atoms with Crippen LogP contribution in [0.2, 0.25) is 5.02 Å². The number of hydrogen-bond donors (Lipinski definition) is 0. The van der Waals surface area contributed by atoms with E-state index in [1.54, 1.807) is 24.3 Å². The van der Waals surface area contributed by atoms with Crippen molar-refractivity contribution in [2.75, 3.05) is 6.61 Å². The first-order valence-corrected chi connectivity index (χ1v) is 6.71. The molecule has 0 amide bonds. The maximum atomic E-state index is 8.83. The lowest BCUT2D eigenvalue weighted by molar-refractivity contribution is 0.00551. The lowest BCUT2D eigenvalue weighted by Crippen LogP contribution is -2.28. The first-order chi connectivity index (χ1) is 9.24. The van der Waals surface area contributed by atoms with Crippen molar-refractivity contribution in [3.8, 4) is 11.8 Å². The van der Waals surface area contributed by atoms with E-state index in [1.165, 1.54) is 0 Å². The first-order valence-electron chi connectivity index (χ1n) is 6.33. The van der Waals surface area contributed by atoms with Crippen molar-refractivity contribution in [1.29, 1.82) is 5.26 Å². The van der Waals surface area contributed by atoms with Crippen LogP contribution in [0.4, 0.5) is 0 Å². The molecule has 0 aliphatic heterocycles. The minimum atomic E-state index is 0.0453. The van der Waals surface area contributed by atoms with E-state index in [0.717, 1.165) is 19.3 Å². The van der Waals surface area contributed by atoms with Crippen LogP contribution in [0.1, 0.15) is 24.8 Å². The molecule has 2 atom stereocenters. The first kappa shape index (κ1) is 13.9. The molecule has 3 nitrogen and oxygen atoms in total. The molecular weight excluding hydrogens is 262 g/mol. The molecule has 0 aromatic heterocycles. The Bertz CT molecular complexity index is 495. The van der Waals surface area contributed by atoms with Gasteiger partial charge < -0.3 is 9.47 Å². The normalized spacial score (nSPS) is 21.9. The number of benzene rings is 1. The Hall–Kier alpha value is -1.50. The zero-order valence-electron chi connectivity index (χ0n) is 10.6. The second kappa shape index (κ2) is 6.60. The number of rotatable bonds is 5. The third kappa shape index (κ3) is 3.50. The van der Waals surface area contributed by atoms with Crippen LogP contribution in [0.5, 0.6) is 5.75 Å². The van der Waals surface area contributed by atoms with Crippen LogP contribution < -0.4 is 4.74 Å². The van der Waals surface area contributed by atoms with Crippen LogP contribution in [0.25, 0.3) is 0 Å². The van der Waals surface area contributed by atoms with Crippen molar-refractivity contribution >= 4 is 11.6 Å². The van der Waals surface area contributed by atoms with E-state index < -0.39 is 0 Å². The lowest BCUT2D eigenvalue weighted by Gasteiger charge is -2.21. The van der Waals surface area contributed by atoms with Crippen molar-refractivity contribution < 1.29 is 9.47 Å². The number of nitrogens with zero attached hydrogens (tertiary/aromatic N) is 1. The molecule has 0 bridgehead atoms. The summed E-state index contributed by atoms with van der Waals surface area (Å²) in [6.45, 7) is 4.19. The molecule has 1 aliphatic rings. The number of ether oxygens (including phenoxy) is 2. The van der Waals surface area contributed by atoms with Crippen LogP contribution in [0, 0.1) is 11.3 Å². The molecule has 0 saturated heterocycles. The highest BCUT2D eigenvalue weighted by Gasteiger charge is 2.29. The van der Waals surface area contributed by atoms with Gasteiger partial charge in [0.25, 0.3) is 0 Å². The smallest absolute Gasteiger partial charge is 0.125 e. The zero-order valence-corrected chi connectivity index (χ0v) is 11.4. The van der Waals surface area contributed by atoms with Gasteiger partial charge in [0.15, 0.2) is 0 Å². The van der Waals surface area contributed by atoms with Crippen LogP contribution >= 0.6 is 11.6 Å². The van der Waals surface area contributed by atoms with Gasteiger partial charge in [-0.15, -0.1) is 6.58 Å². The van der Waals surface area contributed by atoms with E-state index in [-0.39, 0.29) is 12.2 Å². The molecule has 1 saturated carbocycles. The van der Waals surface area contributed by atoms with Crippen LogP contribution in [0.15, 0.2) is 30.9 Å². The number of nitriles is 1. The molecule has 19 heavy (non-hydrogen) atoms. The van der Waals surface area contributed by atoms with Gasteiger partial charge in [0.05, 0.1) is 23.3 Å². The fraction of sp³-hybridized carbons (Fsp3) is 0.400. The minimum absolute atomic E-state index is 0.0453. The number of halogens is 1. The molecule has 2 rings (SSSR count). The summed E-state index contributed by atoms with van der Waals surface area (Å²) in [6.07, 6.45) is 4.96. The van der Waals surface area contributed by atoms with Gasteiger partial charge in [0.1, 0.15) is 17.9 Å². The minimum Gasteiger partial charge on any atom is -0.488 e. The highest BCUT2D eigenvalue weighted by atomic mass is 35.5. The molecule has 1 fully saturated rings. The predicted molar refractivity (Wildman–Crippen MR) is 74.4 cm³/mol. The predicted octanol–water partition coefficient (Wildman–Crippen LogP) is 3.71. The molecule has 1 aromatic rings. The molecule has 1 aromatic carbocycles. The van der Waals surface area contributed by atoms with Crippen molar-refractivity contribution in [2.24, 2.45) is 0 Å². The van der Waals surface area contributed by atoms with Crippen molar-refractivity contribution in [3.63, 3.8) is 0 Å². The molecule has 100 valence electrons. The summed E-state index contributed by atoms with van der Waals surface area (Å²) in [4.78, 5) is 0. The fourth-order valence-electron chi connectivity index (χ4n) is 2.24. The van der Waals surface area contributed by atoms with E-state index in [1.807, 2.05) is 6.07 Å². The van der Waals surface area contributed by atoms with E-state index in [4.69, 9.17) is 26.3 Å². The van der Waals surface area contributed by atoms with Gasteiger partial charge in [-0.3, -0.25) is 0 Å². The second-order valence-electron chi connectivity index (χ2n) is 4.50. The molecule has 0 radical (unpaired) electrons. The maximum absolute atomic E-state index is 8.83. The van der Waals surface area contributed by atoms with Gasteiger partial charge in [-0.2, -0.15) is 5.26 Å². The zero-order chi connectivity index (χ0) is 13.7. The van der Waals surface area contributed by atoms with E-state index in [2.05, 4.69) is 6.58 Å². The topological polar surface area (TPSA) is 42.2 Å². The highest BCUT2D eigenvalue weighted by molar-refractivity contribution is 6.31. The Morgan fingerprint density at radius 2 is 2.21 bits per heavy atom. The summed E-state index contributed by atoms with van der Waals surface area (Å²) < 4.78 is 11.6. The SMILES string of the molecule is C=CCO[C@H]1CCC[C@@H]1Oc1ccc(C#N)c(Cl)c1. The third-order valence-electron chi connectivity index (χ3n) is 3.17. The van der Waals surface area contributed by atoms with Crippen LogP contribution in [-0.4, -0.2) is 18.8 Å². The monoisotopic (exact) mass is 277 g/mol. The highest BCUT2D eigenvalue weighted by Crippen LogP contribution is 2.29. The summed E-state index contributed by atoms with van der Waals surface area (Å²) in [5.74, 6) is 0.683. The summed E-state index contributed by atoms with van der Waals surface area (Å²) >= 11 is 5.99. The van der Waals surface area contributed by atoms with Gasteiger partial charge in [-0.25, -0.2) is 0 Å². The van der Waals surface area contributed by atoms with E-state index in [0.29, 0.717) is 22.9 Å². The summed E-state index contributed by atoms with van der Waals surface area (Å²) in [5, 5.41) is 9.25.